The van der Waals surface area contributed by atoms with Gasteiger partial charge in [0.2, 0.25) is 0 Å². The summed E-state index contributed by atoms with van der Waals surface area (Å²) in [5.41, 5.74) is 0.744. The van der Waals surface area contributed by atoms with E-state index < -0.39 is 0 Å². The number of nitrogens with one attached hydrogen (secondary N) is 2. The van der Waals surface area contributed by atoms with E-state index in [-0.39, 0.29) is 18.0 Å². The molecule has 1 aliphatic heterocycles. The first kappa shape index (κ1) is 11.2. The molecular formula is C12H17FN2O. The van der Waals surface area contributed by atoms with E-state index in [2.05, 4.69) is 10.6 Å². The van der Waals surface area contributed by atoms with E-state index in [1.54, 1.807) is 6.07 Å². The fraction of sp³-hybridized carbons (Fsp3) is 0.500. The van der Waals surface area contributed by atoms with E-state index in [0.29, 0.717) is 5.75 Å². The fourth-order valence-electron chi connectivity index (χ4n) is 1.93. The normalized spacial score (nSPS) is 23.2. The van der Waals surface area contributed by atoms with Gasteiger partial charge in [-0.2, -0.15) is 0 Å². The number of hydrogen-bond acceptors (Lipinski definition) is 3. The Bertz CT molecular complexity index is 370. The Hall–Kier alpha value is -1.29. The van der Waals surface area contributed by atoms with Crippen LogP contribution in [0.5, 0.6) is 5.75 Å². The SMILES string of the molecule is CNCCC1Oc2c(F)cccc2NC1C. The van der Waals surface area contributed by atoms with Crippen LogP contribution in [0.2, 0.25) is 0 Å². The van der Waals surface area contributed by atoms with Crippen molar-refractivity contribution < 1.29 is 9.13 Å². The third-order valence-corrected chi connectivity index (χ3v) is 2.86. The van der Waals surface area contributed by atoms with Crippen molar-refractivity contribution in [3.8, 4) is 5.75 Å². The zero-order valence-electron chi connectivity index (χ0n) is 9.59. The molecule has 2 atom stereocenters. The van der Waals surface area contributed by atoms with Gasteiger partial charge in [-0.25, -0.2) is 4.39 Å². The zero-order valence-corrected chi connectivity index (χ0v) is 9.59. The molecule has 0 aromatic heterocycles. The summed E-state index contributed by atoms with van der Waals surface area (Å²) in [5.74, 6) is 0.0491. The third kappa shape index (κ3) is 2.11. The second-order valence-electron chi connectivity index (χ2n) is 4.10. The summed E-state index contributed by atoms with van der Waals surface area (Å²) in [7, 11) is 1.90. The minimum atomic E-state index is -0.300. The van der Waals surface area contributed by atoms with Crippen LogP contribution in [0.25, 0.3) is 0 Å². The van der Waals surface area contributed by atoms with Crippen molar-refractivity contribution in [2.75, 3.05) is 18.9 Å². The van der Waals surface area contributed by atoms with Gasteiger partial charge in [-0.3, -0.25) is 0 Å². The van der Waals surface area contributed by atoms with Crippen LogP contribution in [0, 0.1) is 5.82 Å². The smallest absolute Gasteiger partial charge is 0.178 e. The van der Waals surface area contributed by atoms with Gasteiger partial charge in [0, 0.05) is 0 Å². The second-order valence-corrected chi connectivity index (χ2v) is 4.10. The molecule has 1 aliphatic rings. The van der Waals surface area contributed by atoms with E-state index >= 15 is 0 Å². The highest BCUT2D eigenvalue weighted by Crippen LogP contribution is 2.34. The van der Waals surface area contributed by atoms with Gasteiger partial charge >= 0.3 is 0 Å². The molecule has 2 unspecified atom stereocenters. The lowest BCUT2D eigenvalue weighted by molar-refractivity contribution is 0.157. The molecule has 2 N–H and O–H groups in total. The Balaban J connectivity index is 2.16. The van der Waals surface area contributed by atoms with Gasteiger partial charge in [-0.1, -0.05) is 6.07 Å². The molecule has 0 amide bonds. The van der Waals surface area contributed by atoms with Gasteiger partial charge in [0.15, 0.2) is 11.6 Å². The molecule has 1 aromatic carbocycles. The standard InChI is InChI=1S/C12H17FN2O/c1-8-11(6-7-14-2)16-12-9(13)4-3-5-10(12)15-8/h3-5,8,11,14-15H,6-7H2,1-2H3. The molecule has 0 saturated carbocycles. The van der Waals surface area contributed by atoms with Crippen LogP contribution in [0.15, 0.2) is 18.2 Å². The van der Waals surface area contributed by atoms with E-state index in [1.165, 1.54) is 6.07 Å². The number of halogens is 1. The maximum atomic E-state index is 13.5. The van der Waals surface area contributed by atoms with Crippen LogP contribution in [-0.2, 0) is 0 Å². The lowest BCUT2D eigenvalue weighted by Crippen LogP contribution is -2.41. The van der Waals surface area contributed by atoms with Crippen LogP contribution in [-0.4, -0.2) is 25.7 Å². The summed E-state index contributed by atoms with van der Waals surface area (Å²) in [5, 5.41) is 6.34. The van der Waals surface area contributed by atoms with Gasteiger partial charge in [0.1, 0.15) is 6.10 Å². The topological polar surface area (TPSA) is 33.3 Å². The summed E-state index contributed by atoms with van der Waals surface area (Å²) < 4.78 is 19.2. The van der Waals surface area contributed by atoms with Gasteiger partial charge in [0.05, 0.1) is 11.7 Å². The van der Waals surface area contributed by atoms with Gasteiger partial charge < -0.3 is 15.4 Å². The molecule has 3 nitrogen and oxygen atoms in total. The maximum absolute atomic E-state index is 13.5. The molecule has 0 radical (unpaired) electrons. The third-order valence-electron chi connectivity index (χ3n) is 2.86. The van der Waals surface area contributed by atoms with E-state index in [4.69, 9.17) is 4.74 Å². The molecule has 0 saturated heterocycles. The summed E-state index contributed by atoms with van der Waals surface area (Å²) in [6.07, 6.45) is 0.871. The van der Waals surface area contributed by atoms with Crippen LogP contribution in [0.4, 0.5) is 10.1 Å². The quantitative estimate of drug-likeness (QED) is 0.824. The summed E-state index contributed by atoms with van der Waals surface area (Å²) in [6, 6.07) is 5.14. The first-order valence-corrected chi connectivity index (χ1v) is 5.58. The van der Waals surface area contributed by atoms with Gasteiger partial charge in [-0.05, 0) is 39.1 Å². The molecule has 0 bridgehead atoms. The number of anilines is 1. The van der Waals surface area contributed by atoms with Gasteiger partial charge in [0.25, 0.3) is 0 Å². The molecule has 1 heterocycles. The molecule has 1 aromatic rings. The van der Waals surface area contributed by atoms with E-state index in [9.17, 15) is 4.39 Å². The average Bonchev–Trinajstić information content (AvgIpc) is 2.27. The van der Waals surface area contributed by atoms with Gasteiger partial charge in [-0.15, -0.1) is 0 Å². The lowest BCUT2D eigenvalue weighted by atomic mass is 10.1. The predicted octanol–water partition coefficient (Wildman–Crippen LogP) is 2.00. The van der Waals surface area contributed by atoms with Crippen molar-refractivity contribution in [1.82, 2.24) is 5.32 Å². The zero-order chi connectivity index (χ0) is 11.5. The molecule has 4 heteroatoms. The molecule has 88 valence electrons. The van der Waals surface area contributed by atoms with Crippen molar-refractivity contribution in [2.45, 2.75) is 25.5 Å². The van der Waals surface area contributed by atoms with E-state index in [0.717, 1.165) is 18.7 Å². The van der Waals surface area contributed by atoms with Crippen LogP contribution in [0.1, 0.15) is 13.3 Å². The molecule has 0 fully saturated rings. The number of rotatable bonds is 3. The lowest BCUT2D eigenvalue weighted by Gasteiger charge is -2.33. The Morgan fingerprint density at radius 3 is 3.06 bits per heavy atom. The highest BCUT2D eigenvalue weighted by molar-refractivity contribution is 5.59. The predicted molar refractivity (Wildman–Crippen MR) is 62.4 cm³/mol. The fourth-order valence-corrected chi connectivity index (χ4v) is 1.93. The average molecular weight is 224 g/mol. The Morgan fingerprint density at radius 1 is 1.50 bits per heavy atom. The van der Waals surface area contributed by atoms with Crippen molar-refractivity contribution in [3.05, 3.63) is 24.0 Å². The Labute approximate surface area is 95.0 Å². The summed E-state index contributed by atoms with van der Waals surface area (Å²) in [6.45, 7) is 2.91. The van der Waals surface area contributed by atoms with Crippen molar-refractivity contribution >= 4 is 5.69 Å². The van der Waals surface area contributed by atoms with Crippen molar-refractivity contribution in [1.29, 1.82) is 0 Å². The largest absolute Gasteiger partial charge is 0.483 e. The number of para-hydroxylation sites is 1. The maximum Gasteiger partial charge on any atom is 0.178 e. The van der Waals surface area contributed by atoms with E-state index in [1.807, 2.05) is 20.0 Å². The Morgan fingerprint density at radius 2 is 2.31 bits per heavy atom. The first-order chi connectivity index (χ1) is 7.72. The monoisotopic (exact) mass is 224 g/mol. The van der Waals surface area contributed by atoms with Crippen LogP contribution < -0.4 is 15.4 Å². The first-order valence-electron chi connectivity index (χ1n) is 5.58. The minimum Gasteiger partial charge on any atom is -0.483 e. The number of ether oxygens (including phenoxy) is 1. The molecule has 16 heavy (non-hydrogen) atoms. The minimum absolute atomic E-state index is 0.0110. The Kier molecular flexibility index (Phi) is 3.29. The molecule has 2 rings (SSSR count). The highest BCUT2D eigenvalue weighted by atomic mass is 19.1. The van der Waals surface area contributed by atoms with Crippen LogP contribution in [0.3, 0.4) is 0 Å². The van der Waals surface area contributed by atoms with Crippen molar-refractivity contribution in [3.63, 3.8) is 0 Å². The van der Waals surface area contributed by atoms with Crippen LogP contribution >= 0.6 is 0 Å². The number of hydrogen-bond donors (Lipinski definition) is 2. The number of fused-ring (bicyclic) bond motifs is 1. The number of benzene rings is 1. The highest BCUT2D eigenvalue weighted by Gasteiger charge is 2.27. The van der Waals surface area contributed by atoms with Crippen molar-refractivity contribution in [2.24, 2.45) is 0 Å². The summed E-state index contributed by atoms with van der Waals surface area (Å²) >= 11 is 0. The molecule has 0 aliphatic carbocycles. The molecular weight excluding hydrogens is 207 g/mol. The summed E-state index contributed by atoms with van der Waals surface area (Å²) in [4.78, 5) is 0. The molecule has 0 spiro atoms. The second kappa shape index (κ2) is 4.70.